The molecular formula is C15H21NO3. The van der Waals surface area contributed by atoms with E-state index in [1.165, 1.54) is 0 Å². The summed E-state index contributed by atoms with van der Waals surface area (Å²) in [6, 6.07) is 9.85. The predicted molar refractivity (Wildman–Crippen MR) is 73.4 cm³/mol. The molecule has 0 radical (unpaired) electrons. The van der Waals surface area contributed by atoms with Gasteiger partial charge in [-0.15, -0.1) is 0 Å². The van der Waals surface area contributed by atoms with Crippen molar-refractivity contribution in [2.75, 3.05) is 26.2 Å². The molecule has 0 unspecified atom stereocenters. The molecule has 2 rings (SSSR count). The van der Waals surface area contributed by atoms with Crippen molar-refractivity contribution in [2.45, 2.75) is 19.3 Å². The summed E-state index contributed by atoms with van der Waals surface area (Å²) in [7, 11) is 0. The van der Waals surface area contributed by atoms with Gasteiger partial charge >= 0.3 is 5.97 Å². The zero-order valence-corrected chi connectivity index (χ0v) is 11.1. The highest BCUT2D eigenvalue weighted by Crippen LogP contribution is 2.16. The Morgan fingerprint density at radius 2 is 1.95 bits per heavy atom. The predicted octanol–water partition coefficient (Wildman–Crippen LogP) is 2.25. The highest BCUT2D eigenvalue weighted by Gasteiger charge is 2.31. The highest BCUT2D eigenvalue weighted by atomic mass is 16.5. The summed E-state index contributed by atoms with van der Waals surface area (Å²) in [5.74, 6) is 0.128. The molecule has 1 saturated heterocycles. The second kappa shape index (κ2) is 7.14. The number of unbranched alkanes of at least 4 members (excludes halogenated alkanes) is 2. The van der Waals surface area contributed by atoms with Crippen molar-refractivity contribution >= 4 is 5.97 Å². The van der Waals surface area contributed by atoms with Crippen LogP contribution in [0, 0.1) is 5.92 Å². The first-order chi connectivity index (χ1) is 9.25. The highest BCUT2D eigenvalue weighted by molar-refractivity contribution is 5.71. The fourth-order valence-electron chi connectivity index (χ4n) is 2.23. The molecule has 1 fully saturated rings. The zero-order valence-electron chi connectivity index (χ0n) is 11.1. The molecule has 4 nitrogen and oxygen atoms in total. The fraction of sp³-hybridized carbons (Fsp3) is 0.533. The van der Waals surface area contributed by atoms with Gasteiger partial charge in [-0.3, -0.25) is 4.79 Å². The van der Waals surface area contributed by atoms with Gasteiger partial charge in [-0.2, -0.15) is 0 Å². The van der Waals surface area contributed by atoms with E-state index in [0.29, 0.717) is 0 Å². The van der Waals surface area contributed by atoms with Crippen LogP contribution < -0.4 is 4.74 Å². The van der Waals surface area contributed by atoms with Crippen LogP contribution in [0.4, 0.5) is 0 Å². The molecule has 0 amide bonds. The maximum absolute atomic E-state index is 10.6. The molecule has 104 valence electrons. The van der Waals surface area contributed by atoms with Crippen LogP contribution in [0.25, 0.3) is 0 Å². The van der Waals surface area contributed by atoms with E-state index in [0.717, 1.165) is 51.3 Å². The molecule has 4 heteroatoms. The van der Waals surface area contributed by atoms with Gasteiger partial charge in [0.25, 0.3) is 0 Å². The second-order valence-corrected chi connectivity index (χ2v) is 5.02. The molecular weight excluding hydrogens is 242 g/mol. The Morgan fingerprint density at radius 3 is 2.63 bits per heavy atom. The van der Waals surface area contributed by atoms with E-state index in [9.17, 15) is 4.79 Å². The van der Waals surface area contributed by atoms with E-state index in [1.54, 1.807) is 0 Å². The van der Waals surface area contributed by atoms with Crippen LogP contribution in [-0.2, 0) is 4.79 Å². The average Bonchev–Trinajstić information content (AvgIpc) is 2.36. The first-order valence-electron chi connectivity index (χ1n) is 6.89. The van der Waals surface area contributed by atoms with Gasteiger partial charge in [-0.25, -0.2) is 0 Å². The molecule has 0 bridgehead atoms. The number of carboxylic acids is 1. The van der Waals surface area contributed by atoms with Gasteiger partial charge in [0.15, 0.2) is 0 Å². The quantitative estimate of drug-likeness (QED) is 0.731. The van der Waals surface area contributed by atoms with Crippen molar-refractivity contribution in [1.82, 2.24) is 4.90 Å². The number of aliphatic carboxylic acids is 1. The molecule has 1 aromatic rings. The minimum atomic E-state index is -0.660. The van der Waals surface area contributed by atoms with Crippen LogP contribution >= 0.6 is 0 Å². The van der Waals surface area contributed by atoms with Crippen LogP contribution in [0.3, 0.4) is 0 Å². The number of nitrogens with zero attached hydrogens (tertiary/aromatic N) is 1. The van der Waals surface area contributed by atoms with Crippen LogP contribution in [0.15, 0.2) is 30.3 Å². The summed E-state index contributed by atoms with van der Waals surface area (Å²) in [6.45, 7) is 3.20. The number of likely N-dealkylation sites (tertiary alicyclic amines) is 1. The number of benzene rings is 1. The number of hydrogen-bond donors (Lipinski definition) is 1. The number of carbonyl (C=O) groups is 1. The van der Waals surface area contributed by atoms with Crippen LogP contribution in [0.1, 0.15) is 19.3 Å². The Labute approximate surface area is 114 Å². The van der Waals surface area contributed by atoms with Crippen molar-refractivity contribution in [2.24, 2.45) is 5.92 Å². The topological polar surface area (TPSA) is 49.8 Å². The lowest BCUT2D eigenvalue weighted by molar-refractivity contribution is -0.147. The smallest absolute Gasteiger partial charge is 0.309 e. The first kappa shape index (κ1) is 13.9. The minimum Gasteiger partial charge on any atom is -0.494 e. The third-order valence-electron chi connectivity index (χ3n) is 3.44. The largest absolute Gasteiger partial charge is 0.494 e. The van der Waals surface area contributed by atoms with Crippen LogP contribution in [0.2, 0.25) is 0 Å². The molecule has 0 atom stereocenters. The maximum atomic E-state index is 10.6. The third kappa shape index (κ3) is 4.56. The van der Waals surface area contributed by atoms with Crippen molar-refractivity contribution in [3.63, 3.8) is 0 Å². The molecule has 1 aliphatic rings. The Hall–Kier alpha value is -1.55. The lowest BCUT2D eigenvalue weighted by atomic mass is 10.0. The number of ether oxygens (including phenoxy) is 1. The fourth-order valence-corrected chi connectivity index (χ4v) is 2.23. The Morgan fingerprint density at radius 1 is 1.21 bits per heavy atom. The summed E-state index contributed by atoms with van der Waals surface area (Å²) in [5, 5.41) is 8.76. The number of para-hydroxylation sites is 1. The third-order valence-corrected chi connectivity index (χ3v) is 3.44. The average molecular weight is 263 g/mol. The van der Waals surface area contributed by atoms with Gasteiger partial charge in [0.05, 0.1) is 12.5 Å². The lowest BCUT2D eigenvalue weighted by Crippen LogP contribution is -2.50. The van der Waals surface area contributed by atoms with Gasteiger partial charge in [-0.05, 0) is 37.9 Å². The molecule has 1 aliphatic heterocycles. The number of rotatable bonds is 8. The Bertz CT molecular complexity index is 388. The molecule has 0 aliphatic carbocycles. The van der Waals surface area contributed by atoms with Crippen molar-refractivity contribution in [3.8, 4) is 5.75 Å². The van der Waals surface area contributed by atoms with E-state index in [1.807, 2.05) is 30.3 Å². The van der Waals surface area contributed by atoms with E-state index in [2.05, 4.69) is 4.90 Å². The minimum absolute atomic E-state index is 0.138. The second-order valence-electron chi connectivity index (χ2n) is 5.02. The van der Waals surface area contributed by atoms with E-state index >= 15 is 0 Å². The SMILES string of the molecule is O=C(O)C1CN(CCCCCOc2ccccc2)C1. The van der Waals surface area contributed by atoms with Crippen LogP contribution in [-0.4, -0.2) is 42.2 Å². The summed E-state index contributed by atoms with van der Waals surface area (Å²) >= 11 is 0. The number of carboxylic acid groups (broad SMARTS) is 1. The van der Waals surface area contributed by atoms with E-state index in [-0.39, 0.29) is 5.92 Å². The monoisotopic (exact) mass is 263 g/mol. The Balaban J connectivity index is 1.44. The molecule has 1 N–H and O–H groups in total. The number of hydrogen-bond acceptors (Lipinski definition) is 3. The summed E-state index contributed by atoms with van der Waals surface area (Å²) in [6.07, 6.45) is 3.29. The zero-order chi connectivity index (χ0) is 13.5. The molecule has 19 heavy (non-hydrogen) atoms. The molecule has 1 heterocycles. The van der Waals surface area contributed by atoms with Gasteiger partial charge in [-0.1, -0.05) is 18.2 Å². The van der Waals surface area contributed by atoms with E-state index < -0.39 is 5.97 Å². The lowest BCUT2D eigenvalue weighted by Gasteiger charge is -2.36. The summed E-state index contributed by atoms with van der Waals surface area (Å²) in [4.78, 5) is 12.8. The summed E-state index contributed by atoms with van der Waals surface area (Å²) in [5.41, 5.74) is 0. The van der Waals surface area contributed by atoms with Crippen molar-refractivity contribution in [3.05, 3.63) is 30.3 Å². The molecule has 0 aromatic heterocycles. The molecule has 1 aromatic carbocycles. The van der Waals surface area contributed by atoms with Gasteiger partial charge in [0, 0.05) is 13.1 Å². The molecule has 0 saturated carbocycles. The normalized spacial score (nSPS) is 16.0. The van der Waals surface area contributed by atoms with Gasteiger partial charge < -0.3 is 14.7 Å². The van der Waals surface area contributed by atoms with Crippen molar-refractivity contribution < 1.29 is 14.6 Å². The van der Waals surface area contributed by atoms with Gasteiger partial charge in [0.1, 0.15) is 5.75 Å². The van der Waals surface area contributed by atoms with E-state index in [4.69, 9.17) is 9.84 Å². The van der Waals surface area contributed by atoms with Gasteiger partial charge in [0.2, 0.25) is 0 Å². The van der Waals surface area contributed by atoms with Crippen molar-refractivity contribution in [1.29, 1.82) is 0 Å². The summed E-state index contributed by atoms with van der Waals surface area (Å²) < 4.78 is 5.61. The molecule has 0 spiro atoms. The first-order valence-corrected chi connectivity index (χ1v) is 6.89. The standard InChI is InChI=1S/C15H21NO3/c17-15(18)13-11-16(12-13)9-5-2-6-10-19-14-7-3-1-4-8-14/h1,3-4,7-8,13H,2,5-6,9-12H2,(H,17,18). The Kier molecular flexibility index (Phi) is 5.21. The van der Waals surface area contributed by atoms with Crippen LogP contribution in [0.5, 0.6) is 5.75 Å². The maximum Gasteiger partial charge on any atom is 0.309 e.